The monoisotopic (exact) mass is 242 g/mol. The average Bonchev–Trinajstić information content (AvgIpc) is 2.29. The molecule has 88 valence electrons. The van der Waals surface area contributed by atoms with Crippen LogP contribution in [0.2, 0.25) is 0 Å². The summed E-state index contributed by atoms with van der Waals surface area (Å²) in [6.45, 7) is 2.06. The highest BCUT2D eigenvalue weighted by molar-refractivity contribution is 7.99. The third-order valence-corrected chi connectivity index (χ3v) is 3.38. The largest absolute Gasteiger partial charge is 0.396 e. The van der Waals surface area contributed by atoms with Gasteiger partial charge in [-0.15, -0.1) is 0 Å². The molecule has 0 saturated heterocycles. The van der Waals surface area contributed by atoms with Gasteiger partial charge in [-0.1, -0.05) is 6.92 Å². The zero-order chi connectivity index (χ0) is 12.0. The van der Waals surface area contributed by atoms with Crippen molar-refractivity contribution in [2.75, 3.05) is 18.1 Å². The lowest BCUT2D eigenvalue weighted by molar-refractivity contribution is 0.102. The van der Waals surface area contributed by atoms with Crippen LogP contribution in [0, 0.1) is 11.7 Å². The van der Waals surface area contributed by atoms with E-state index in [-0.39, 0.29) is 24.1 Å². The Kier molecular flexibility index (Phi) is 5.49. The van der Waals surface area contributed by atoms with Crippen molar-refractivity contribution in [1.82, 2.24) is 0 Å². The number of hydrogen-bond donors (Lipinski definition) is 1. The van der Waals surface area contributed by atoms with Crippen molar-refractivity contribution in [3.05, 3.63) is 35.6 Å². The lowest BCUT2D eigenvalue weighted by Gasteiger charge is -2.06. The Labute approximate surface area is 98.9 Å². The molecule has 1 aromatic carbocycles. The first-order valence-corrected chi connectivity index (χ1v) is 6.26. The second-order valence-corrected chi connectivity index (χ2v) is 4.76. The molecule has 0 amide bonds. The molecule has 0 aliphatic heterocycles. The van der Waals surface area contributed by atoms with Crippen LogP contribution in [0.15, 0.2) is 24.3 Å². The number of aliphatic hydroxyl groups is 1. The van der Waals surface area contributed by atoms with Crippen LogP contribution < -0.4 is 0 Å². The Morgan fingerprint density at radius 1 is 1.44 bits per heavy atom. The van der Waals surface area contributed by atoms with Gasteiger partial charge in [0.05, 0.1) is 5.75 Å². The van der Waals surface area contributed by atoms with Crippen LogP contribution in [0.1, 0.15) is 17.3 Å². The molecule has 1 unspecified atom stereocenters. The van der Waals surface area contributed by atoms with E-state index in [9.17, 15) is 9.18 Å². The van der Waals surface area contributed by atoms with Crippen molar-refractivity contribution < 1.29 is 14.3 Å². The molecule has 0 saturated carbocycles. The van der Waals surface area contributed by atoms with Gasteiger partial charge < -0.3 is 5.11 Å². The summed E-state index contributed by atoms with van der Waals surface area (Å²) in [5.41, 5.74) is 0.533. The van der Waals surface area contributed by atoms with E-state index in [1.54, 1.807) is 0 Å². The molecule has 2 nitrogen and oxygen atoms in total. The molecular weight excluding hydrogens is 227 g/mol. The Morgan fingerprint density at radius 3 is 2.62 bits per heavy atom. The molecule has 1 aromatic rings. The van der Waals surface area contributed by atoms with Crippen molar-refractivity contribution in [3.63, 3.8) is 0 Å². The molecule has 0 aromatic heterocycles. The highest BCUT2D eigenvalue weighted by atomic mass is 32.2. The summed E-state index contributed by atoms with van der Waals surface area (Å²) in [7, 11) is 0. The number of carbonyl (C=O) groups excluding carboxylic acids is 1. The average molecular weight is 242 g/mol. The standard InChI is InChI=1S/C12H15FO2S/c1-9(6-14)7-16-8-12(15)10-2-4-11(13)5-3-10/h2-5,9,14H,6-8H2,1H3. The topological polar surface area (TPSA) is 37.3 Å². The fourth-order valence-electron chi connectivity index (χ4n) is 1.12. The van der Waals surface area contributed by atoms with Crippen LogP contribution >= 0.6 is 11.8 Å². The van der Waals surface area contributed by atoms with E-state index in [1.807, 2.05) is 6.92 Å². The van der Waals surface area contributed by atoms with E-state index in [0.29, 0.717) is 11.3 Å². The Morgan fingerprint density at radius 2 is 2.06 bits per heavy atom. The van der Waals surface area contributed by atoms with Crippen LogP contribution in [0.3, 0.4) is 0 Å². The predicted octanol–water partition coefficient (Wildman–Crippen LogP) is 2.37. The molecule has 1 N–H and O–H groups in total. The molecule has 0 radical (unpaired) electrons. The van der Waals surface area contributed by atoms with Gasteiger partial charge >= 0.3 is 0 Å². The molecule has 1 atom stereocenters. The fourth-order valence-corrected chi connectivity index (χ4v) is 2.10. The molecule has 4 heteroatoms. The van der Waals surface area contributed by atoms with Gasteiger partial charge in [0.25, 0.3) is 0 Å². The Hall–Kier alpha value is -0.870. The number of Topliss-reactive ketones (excluding diaryl/α,β-unsaturated/α-hetero) is 1. The van der Waals surface area contributed by atoms with Gasteiger partial charge in [0, 0.05) is 12.2 Å². The second kappa shape index (κ2) is 6.66. The SMILES string of the molecule is CC(CO)CSCC(=O)c1ccc(F)cc1. The third kappa shape index (κ3) is 4.33. The van der Waals surface area contributed by atoms with Gasteiger partial charge in [-0.25, -0.2) is 4.39 Å². The van der Waals surface area contributed by atoms with E-state index in [4.69, 9.17) is 5.11 Å². The maximum Gasteiger partial charge on any atom is 0.172 e. The maximum absolute atomic E-state index is 12.6. The summed E-state index contributed by atoms with van der Waals surface area (Å²) in [5, 5.41) is 8.81. The molecule has 0 aliphatic rings. The lowest BCUT2D eigenvalue weighted by Crippen LogP contribution is -2.08. The summed E-state index contributed by atoms with van der Waals surface area (Å²) in [4.78, 5) is 11.6. The number of halogens is 1. The quantitative estimate of drug-likeness (QED) is 0.778. The summed E-state index contributed by atoms with van der Waals surface area (Å²) in [6.07, 6.45) is 0. The lowest BCUT2D eigenvalue weighted by atomic mass is 10.1. The van der Waals surface area contributed by atoms with E-state index in [0.717, 1.165) is 5.75 Å². The Balaban J connectivity index is 2.38. The molecular formula is C12H15FO2S. The van der Waals surface area contributed by atoms with E-state index < -0.39 is 0 Å². The maximum atomic E-state index is 12.6. The van der Waals surface area contributed by atoms with Crippen molar-refractivity contribution in [2.45, 2.75) is 6.92 Å². The van der Waals surface area contributed by atoms with Crippen LogP contribution in [-0.4, -0.2) is 29.0 Å². The minimum absolute atomic E-state index is 0.00450. The second-order valence-electron chi connectivity index (χ2n) is 3.73. The first kappa shape index (κ1) is 13.2. The van der Waals surface area contributed by atoms with Gasteiger partial charge in [0.15, 0.2) is 5.78 Å². The minimum atomic E-state index is -0.335. The number of aliphatic hydroxyl groups excluding tert-OH is 1. The van der Waals surface area contributed by atoms with Gasteiger partial charge in [-0.05, 0) is 35.9 Å². The van der Waals surface area contributed by atoms with Gasteiger partial charge in [-0.2, -0.15) is 11.8 Å². The molecule has 0 heterocycles. The zero-order valence-electron chi connectivity index (χ0n) is 9.15. The number of ketones is 1. The Bertz CT molecular complexity index is 337. The molecule has 0 fully saturated rings. The smallest absolute Gasteiger partial charge is 0.172 e. The number of carbonyl (C=O) groups is 1. The van der Waals surface area contributed by atoms with E-state index >= 15 is 0 Å². The number of thioether (sulfide) groups is 1. The summed E-state index contributed by atoms with van der Waals surface area (Å²) in [5.74, 6) is 0.985. The van der Waals surface area contributed by atoms with Crippen LogP contribution in [0.5, 0.6) is 0 Å². The molecule has 0 bridgehead atoms. The molecule has 0 aliphatic carbocycles. The zero-order valence-corrected chi connectivity index (χ0v) is 9.97. The highest BCUT2D eigenvalue weighted by Crippen LogP contribution is 2.11. The molecule has 0 spiro atoms. The fraction of sp³-hybridized carbons (Fsp3) is 0.417. The first-order valence-electron chi connectivity index (χ1n) is 5.11. The predicted molar refractivity (Wildman–Crippen MR) is 64.3 cm³/mol. The van der Waals surface area contributed by atoms with Crippen molar-refractivity contribution in [3.8, 4) is 0 Å². The first-order chi connectivity index (χ1) is 7.63. The van der Waals surface area contributed by atoms with Crippen LogP contribution in [0.25, 0.3) is 0 Å². The van der Waals surface area contributed by atoms with Crippen molar-refractivity contribution in [2.24, 2.45) is 5.92 Å². The van der Waals surface area contributed by atoms with Gasteiger partial charge in [-0.3, -0.25) is 4.79 Å². The van der Waals surface area contributed by atoms with E-state index in [1.165, 1.54) is 36.0 Å². The number of benzene rings is 1. The summed E-state index contributed by atoms with van der Waals surface area (Å²) >= 11 is 1.49. The van der Waals surface area contributed by atoms with Crippen LogP contribution in [-0.2, 0) is 0 Å². The van der Waals surface area contributed by atoms with Gasteiger partial charge in [0.2, 0.25) is 0 Å². The van der Waals surface area contributed by atoms with Crippen molar-refractivity contribution in [1.29, 1.82) is 0 Å². The third-order valence-electron chi connectivity index (χ3n) is 2.11. The normalized spacial score (nSPS) is 12.4. The van der Waals surface area contributed by atoms with Gasteiger partial charge in [0.1, 0.15) is 5.82 Å². The summed E-state index contributed by atoms with van der Waals surface area (Å²) in [6, 6.07) is 5.56. The van der Waals surface area contributed by atoms with Crippen LogP contribution in [0.4, 0.5) is 4.39 Å². The van der Waals surface area contributed by atoms with Crippen molar-refractivity contribution >= 4 is 17.5 Å². The van der Waals surface area contributed by atoms with E-state index in [2.05, 4.69) is 0 Å². The summed E-state index contributed by atoms with van der Waals surface area (Å²) < 4.78 is 12.6. The minimum Gasteiger partial charge on any atom is -0.396 e. The molecule has 16 heavy (non-hydrogen) atoms. The number of hydrogen-bond acceptors (Lipinski definition) is 3. The highest BCUT2D eigenvalue weighted by Gasteiger charge is 2.07. The molecule has 1 rings (SSSR count). The number of rotatable bonds is 6.